The number of ether oxygens (including phenoxy) is 3. The molecule has 2 aromatic rings. The third-order valence-electron chi connectivity index (χ3n) is 7.77. The van der Waals surface area contributed by atoms with Crippen molar-refractivity contribution in [3.05, 3.63) is 59.7 Å². The van der Waals surface area contributed by atoms with E-state index in [2.05, 4.69) is 10.6 Å². The highest BCUT2D eigenvalue weighted by Gasteiger charge is 2.40. The number of methoxy groups -OCH3 is 1. The molecule has 2 aliphatic rings. The number of hydrogen-bond donors (Lipinski definition) is 2. The number of benzene rings is 2. The van der Waals surface area contributed by atoms with E-state index in [4.69, 9.17) is 14.2 Å². The van der Waals surface area contributed by atoms with Gasteiger partial charge in [-0.25, -0.2) is 8.42 Å². The van der Waals surface area contributed by atoms with Crippen LogP contribution in [0.25, 0.3) is 0 Å². The Morgan fingerprint density at radius 1 is 0.978 bits per heavy atom. The molecule has 46 heavy (non-hydrogen) atoms. The van der Waals surface area contributed by atoms with Gasteiger partial charge < -0.3 is 29.7 Å². The Morgan fingerprint density at radius 3 is 2.33 bits per heavy atom. The third-order valence-corrected chi connectivity index (χ3v) is 8.90. The molecule has 12 nitrogen and oxygen atoms in total. The van der Waals surface area contributed by atoms with Gasteiger partial charge in [0.2, 0.25) is 11.8 Å². The molecule has 1 atom stereocenters. The predicted octanol–water partition coefficient (Wildman–Crippen LogP) is 2.09. The minimum atomic E-state index is -3.36. The molecule has 0 radical (unpaired) electrons. The molecule has 2 N–H and O–H groups in total. The van der Waals surface area contributed by atoms with E-state index in [-0.39, 0.29) is 68.2 Å². The van der Waals surface area contributed by atoms with E-state index in [1.165, 1.54) is 12.1 Å². The first kappa shape index (κ1) is 36.5. The van der Waals surface area contributed by atoms with Gasteiger partial charge in [0, 0.05) is 52.6 Å². The third kappa shape index (κ3) is 11.4. The fourth-order valence-electron chi connectivity index (χ4n) is 5.15. The van der Waals surface area contributed by atoms with Crippen LogP contribution in [-0.2, 0) is 51.3 Å². The summed E-state index contributed by atoms with van der Waals surface area (Å²) in [4.78, 5) is 53.9. The topological polar surface area (TPSA) is 157 Å². The molecule has 0 fully saturated rings. The number of nitrogens with zero attached hydrogens (tertiary/aromatic N) is 1. The van der Waals surface area contributed by atoms with E-state index >= 15 is 0 Å². The highest BCUT2D eigenvalue weighted by Crippen LogP contribution is 2.30. The quantitative estimate of drug-likeness (QED) is 0.405. The Balaban J connectivity index is 1.78. The molecule has 3 amide bonds. The first-order valence-corrected chi connectivity index (χ1v) is 17.3. The summed E-state index contributed by atoms with van der Waals surface area (Å²) in [6, 6.07) is 13.3. The summed E-state index contributed by atoms with van der Waals surface area (Å²) in [5.41, 5.74) is 0.398. The summed E-state index contributed by atoms with van der Waals surface area (Å²) >= 11 is 0. The summed E-state index contributed by atoms with van der Waals surface area (Å²) in [5, 5.41) is 5.72. The molecular weight excluding hydrogens is 614 g/mol. The van der Waals surface area contributed by atoms with E-state index in [0.29, 0.717) is 50.2 Å². The largest absolute Gasteiger partial charge is 0.484 e. The van der Waals surface area contributed by atoms with Gasteiger partial charge in [0.05, 0.1) is 23.3 Å². The SMILES string of the molecule is CCOC(=O)C1(CCOC)CNC(=O)CCCN(C(=O)Cc2ccc(S(C)(=O)=O)cc2)CCCNC(=O)COc2ccc(cc2)C1. The van der Waals surface area contributed by atoms with Crippen molar-refractivity contribution < 1.29 is 41.8 Å². The van der Waals surface area contributed by atoms with Gasteiger partial charge in [-0.1, -0.05) is 24.3 Å². The molecule has 0 spiro atoms. The molecule has 2 heterocycles. The minimum Gasteiger partial charge on any atom is -0.484 e. The zero-order chi connectivity index (χ0) is 33.6. The first-order chi connectivity index (χ1) is 22.0. The zero-order valence-corrected chi connectivity index (χ0v) is 27.7. The number of sulfone groups is 1. The molecule has 0 saturated heterocycles. The molecule has 1 unspecified atom stereocenters. The van der Waals surface area contributed by atoms with E-state index in [9.17, 15) is 27.6 Å². The molecule has 0 saturated carbocycles. The van der Waals surface area contributed by atoms with E-state index in [0.717, 1.165) is 11.8 Å². The van der Waals surface area contributed by atoms with Crippen LogP contribution in [-0.4, -0.2) is 96.4 Å². The summed E-state index contributed by atoms with van der Waals surface area (Å²) in [6.07, 6.45) is 2.74. The summed E-state index contributed by atoms with van der Waals surface area (Å²) in [7, 11) is -1.81. The number of carbonyl (C=O) groups is 4. The van der Waals surface area contributed by atoms with Crippen molar-refractivity contribution in [2.75, 3.05) is 59.4 Å². The van der Waals surface area contributed by atoms with Crippen molar-refractivity contribution in [1.29, 1.82) is 0 Å². The molecule has 2 aliphatic heterocycles. The number of fused-ring (bicyclic) bond motifs is 17. The second-order valence-electron chi connectivity index (χ2n) is 11.4. The highest BCUT2D eigenvalue weighted by atomic mass is 32.2. The van der Waals surface area contributed by atoms with Gasteiger partial charge in [0.1, 0.15) is 5.75 Å². The molecule has 2 aromatic carbocycles. The summed E-state index contributed by atoms with van der Waals surface area (Å²) in [6.45, 7) is 3.01. The van der Waals surface area contributed by atoms with Crippen molar-refractivity contribution in [2.24, 2.45) is 5.41 Å². The number of nitrogens with one attached hydrogen (secondary N) is 2. The Labute approximate surface area is 271 Å². The molecule has 2 bridgehead atoms. The van der Waals surface area contributed by atoms with Gasteiger partial charge in [0.25, 0.3) is 5.91 Å². The van der Waals surface area contributed by atoms with Gasteiger partial charge in [0.15, 0.2) is 16.4 Å². The maximum atomic E-state index is 13.3. The number of amides is 3. The molecule has 0 aromatic heterocycles. The number of esters is 1. The van der Waals surface area contributed by atoms with E-state index < -0.39 is 21.2 Å². The van der Waals surface area contributed by atoms with Crippen molar-refractivity contribution in [3.8, 4) is 5.75 Å². The molecular formula is C33H45N3O9S. The van der Waals surface area contributed by atoms with Gasteiger partial charge in [-0.05, 0) is 68.0 Å². The Hall–Kier alpha value is -3.97. The maximum absolute atomic E-state index is 13.3. The molecule has 0 aliphatic carbocycles. The van der Waals surface area contributed by atoms with Crippen LogP contribution in [0.5, 0.6) is 5.75 Å². The van der Waals surface area contributed by atoms with Crippen LogP contribution in [0.2, 0.25) is 0 Å². The highest BCUT2D eigenvalue weighted by molar-refractivity contribution is 7.90. The van der Waals surface area contributed by atoms with Crippen LogP contribution >= 0.6 is 0 Å². The summed E-state index contributed by atoms with van der Waals surface area (Å²) < 4.78 is 40.0. The molecule has 252 valence electrons. The van der Waals surface area contributed by atoms with E-state index in [1.807, 2.05) is 12.1 Å². The molecule has 13 heteroatoms. The fraction of sp³-hybridized carbons (Fsp3) is 0.515. The number of hydrogen-bond acceptors (Lipinski definition) is 9. The van der Waals surface area contributed by atoms with Crippen LogP contribution in [0.1, 0.15) is 43.7 Å². The Bertz CT molecular complexity index is 1430. The van der Waals surface area contributed by atoms with Gasteiger partial charge in [-0.2, -0.15) is 0 Å². The van der Waals surface area contributed by atoms with Crippen molar-refractivity contribution in [1.82, 2.24) is 15.5 Å². The number of carbonyl (C=O) groups excluding carboxylic acids is 4. The fourth-order valence-corrected chi connectivity index (χ4v) is 5.78. The van der Waals surface area contributed by atoms with Crippen molar-refractivity contribution in [3.63, 3.8) is 0 Å². The van der Waals surface area contributed by atoms with Gasteiger partial charge in [-0.3, -0.25) is 19.2 Å². The summed E-state index contributed by atoms with van der Waals surface area (Å²) in [5.74, 6) is -0.706. The Morgan fingerprint density at radius 2 is 1.67 bits per heavy atom. The first-order valence-electron chi connectivity index (χ1n) is 15.4. The lowest BCUT2D eigenvalue weighted by Gasteiger charge is -2.32. The van der Waals surface area contributed by atoms with Crippen LogP contribution in [0.15, 0.2) is 53.4 Å². The zero-order valence-electron chi connectivity index (χ0n) is 26.8. The van der Waals surface area contributed by atoms with Crippen LogP contribution in [0.4, 0.5) is 0 Å². The second kappa shape index (κ2) is 17.7. The lowest BCUT2D eigenvalue weighted by Crippen LogP contribution is -2.46. The lowest BCUT2D eigenvalue weighted by molar-refractivity contribution is -0.156. The second-order valence-corrected chi connectivity index (χ2v) is 13.4. The normalized spacial score (nSPS) is 19.0. The van der Waals surface area contributed by atoms with Gasteiger partial charge >= 0.3 is 5.97 Å². The lowest BCUT2D eigenvalue weighted by atomic mass is 9.78. The molecule has 4 rings (SSSR count). The van der Waals surface area contributed by atoms with E-state index in [1.54, 1.807) is 43.2 Å². The minimum absolute atomic E-state index is 0.0402. The number of rotatable bonds is 8. The Kier molecular flexibility index (Phi) is 14.0. The van der Waals surface area contributed by atoms with Crippen molar-refractivity contribution >= 4 is 33.5 Å². The predicted molar refractivity (Wildman–Crippen MR) is 171 cm³/mol. The van der Waals surface area contributed by atoms with Crippen LogP contribution in [0, 0.1) is 5.41 Å². The monoisotopic (exact) mass is 659 g/mol. The standard InChI is InChI=1S/C33H45N3O9S/c1-4-44-32(40)33(16-20-43-2)22-26-8-12-27(13-9-26)45-23-30(38)34-17-6-19-36(18-5-7-29(37)35-24-33)31(39)21-25-10-14-28(15-11-25)46(3,41)42/h8-15H,4-7,16-24H2,1-3H3,(H,34,38)(H,35,37). The smallest absolute Gasteiger partial charge is 0.314 e. The average Bonchev–Trinajstić information content (AvgIpc) is 3.02. The maximum Gasteiger partial charge on any atom is 0.314 e. The van der Waals surface area contributed by atoms with Crippen LogP contribution in [0.3, 0.4) is 0 Å². The van der Waals surface area contributed by atoms with Crippen LogP contribution < -0.4 is 15.4 Å². The van der Waals surface area contributed by atoms with Gasteiger partial charge in [-0.15, -0.1) is 0 Å². The van der Waals surface area contributed by atoms with Crippen molar-refractivity contribution in [2.45, 2.75) is 50.3 Å². The average molecular weight is 660 g/mol.